The molecule has 2 aliphatic rings. The van der Waals surface area contributed by atoms with Crippen molar-refractivity contribution in [2.45, 2.75) is 56.6 Å². The molecular formula is C23H34N6O3S. The molecule has 4 rings (SSSR count). The van der Waals surface area contributed by atoms with Gasteiger partial charge in [0.1, 0.15) is 0 Å². The summed E-state index contributed by atoms with van der Waals surface area (Å²) in [4.78, 5) is 16.8. The third kappa shape index (κ3) is 5.23. The standard InChI is InChI=1S/C23H34N6O3S/c1-27(2)11-12-29-18(15-28(3)4)14-21(25-29)33(31,32)26-23(30)24-22-19-9-5-7-16(19)13-17-8-6-10-20(17)22/h13-14H,5-12,15H2,1-4H3,(H2,24,26,30). The van der Waals surface area contributed by atoms with E-state index in [9.17, 15) is 13.2 Å². The number of hydrogen-bond acceptors (Lipinski definition) is 6. The summed E-state index contributed by atoms with van der Waals surface area (Å²) in [7, 11) is 3.63. The first-order valence-electron chi connectivity index (χ1n) is 11.5. The van der Waals surface area contributed by atoms with Gasteiger partial charge in [0.25, 0.3) is 10.0 Å². The quantitative estimate of drug-likeness (QED) is 0.607. The molecule has 1 heterocycles. The van der Waals surface area contributed by atoms with E-state index in [1.807, 2.05) is 38.0 Å². The van der Waals surface area contributed by atoms with Gasteiger partial charge in [0.15, 0.2) is 5.03 Å². The number of likely N-dealkylation sites (N-methyl/N-ethyl adjacent to an activating group) is 1. The number of hydrogen-bond donors (Lipinski definition) is 2. The molecule has 1 aromatic heterocycles. The molecular weight excluding hydrogens is 440 g/mol. The maximum absolute atomic E-state index is 13.0. The highest BCUT2D eigenvalue weighted by molar-refractivity contribution is 7.90. The van der Waals surface area contributed by atoms with Crippen molar-refractivity contribution in [3.8, 4) is 0 Å². The van der Waals surface area contributed by atoms with E-state index in [0.29, 0.717) is 13.1 Å². The molecule has 33 heavy (non-hydrogen) atoms. The molecule has 2 aliphatic carbocycles. The van der Waals surface area contributed by atoms with Crippen LogP contribution in [-0.4, -0.2) is 68.8 Å². The molecule has 0 saturated heterocycles. The minimum Gasteiger partial charge on any atom is -0.308 e. The lowest BCUT2D eigenvalue weighted by Crippen LogP contribution is -2.35. The fraction of sp³-hybridized carbons (Fsp3) is 0.565. The number of amides is 2. The molecule has 2 aromatic rings. The Bertz CT molecular complexity index is 1120. The normalized spacial score (nSPS) is 15.2. The Kier molecular flexibility index (Phi) is 6.78. The van der Waals surface area contributed by atoms with Crippen LogP contribution in [0.15, 0.2) is 17.2 Å². The van der Waals surface area contributed by atoms with Gasteiger partial charge in [-0.15, -0.1) is 0 Å². The lowest BCUT2D eigenvalue weighted by molar-refractivity contribution is 0.256. The molecule has 0 bridgehead atoms. The van der Waals surface area contributed by atoms with E-state index in [4.69, 9.17) is 0 Å². The van der Waals surface area contributed by atoms with E-state index >= 15 is 0 Å². The van der Waals surface area contributed by atoms with Gasteiger partial charge in [-0.1, -0.05) is 6.07 Å². The summed E-state index contributed by atoms with van der Waals surface area (Å²) in [5.74, 6) is 0. The van der Waals surface area contributed by atoms with Gasteiger partial charge >= 0.3 is 6.03 Å². The van der Waals surface area contributed by atoms with Gasteiger partial charge < -0.3 is 15.1 Å². The largest absolute Gasteiger partial charge is 0.333 e. The highest BCUT2D eigenvalue weighted by Crippen LogP contribution is 2.38. The van der Waals surface area contributed by atoms with Crippen molar-refractivity contribution in [1.82, 2.24) is 24.3 Å². The van der Waals surface area contributed by atoms with Crippen molar-refractivity contribution in [3.63, 3.8) is 0 Å². The fourth-order valence-corrected chi connectivity index (χ4v) is 5.68. The molecule has 0 saturated carbocycles. The predicted octanol–water partition coefficient (Wildman–Crippen LogP) is 1.99. The molecule has 0 aliphatic heterocycles. The van der Waals surface area contributed by atoms with Gasteiger partial charge in [-0.05, 0) is 89.0 Å². The number of carbonyl (C=O) groups excluding carboxylic acids is 1. The van der Waals surface area contributed by atoms with Crippen LogP contribution in [0, 0.1) is 0 Å². The molecule has 1 aromatic carbocycles. The number of carbonyl (C=O) groups is 1. The van der Waals surface area contributed by atoms with E-state index in [-0.39, 0.29) is 5.03 Å². The maximum Gasteiger partial charge on any atom is 0.333 e. The Morgan fingerprint density at radius 1 is 1.00 bits per heavy atom. The van der Waals surface area contributed by atoms with E-state index in [2.05, 4.69) is 21.2 Å². The zero-order valence-corrected chi connectivity index (χ0v) is 20.8. The SMILES string of the molecule is CN(C)CCn1nc(S(=O)(=O)NC(=O)Nc2c3c(cc4c2CCC4)CCC3)cc1CN(C)C. The van der Waals surface area contributed by atoms with Crippen molar-refractivity contribution in [2.24, 2.45) is 0 Å². The zero-order valence-electron chi connectivity index (χ0n) is 19.9. The molecule has 0 unspecified atom stereocenters. The first-order valence-corrected chi connectivity index (χ1v) is 13.0. The lowest BCUT2D eigenvalue weighted by atomic mass is 9.99. The van der Waals surface area contributed by atoms with Crippen LogP contribution >= 0.6 is 0 Å². The Morgan fingerprint density at radius 3 is 2.21 bits per heavy atom. The van der Waals surface area contributed by atoms with Crippen LogP contribution in [0.5, 0.6) is 0 Å². The number of anilines is 1. The van der Waals surface area contributed by atoms with E-state index < -0.39 is 16.1 Å². The summed E-state index contributed by atoms with van der Waals surface area (Å²) < 4.78 is 29.9. The molecule has 180 valence electrons. The first-order chi connectivity index (χ1) is 15.6. The van der Waals surface area contributed by atoms with Crippen molar-refractivity contribution >= 4 is 21.7 Å². The number of aryl methyl sites for hydroxylation is 2. The summed E-state index contributed by atoms with van der Waals surface area (Å²) in [5, 5.41) is 7.06. The number of benzene rings is 1. The minimum atomic E-state index is -4.11. The number of rotatable bonds is 8. The zero-order chi connectivity index (χ0) is 23.8. The van der Waals surface area contributed by atoms with E-state index in [1.165, 1.54) is 11.1 Å². The molecule has 10 heteroatoms. The number of urea groups is 1. The van der Waals surface area contributed by atoms with Crippen LogP contribution in [0.25, 0.3) is 0 Å². The van der Waals surface area contributed by atoms with E-state index in [0.717, 1.165) is 67.6 Å². The Morgan fingerprint density at radius 2 is 1.64 bits per heavy atom. The second-order valence-electron chi connectivity index (χ2n) is 9.53. The first kappa shape index (κ1) is 23.7. The smallest absolute Gasteiger partial charge is 0.308 e. The Labute approximate surface area is 196 Å². The number of nitrogens with one attached hydrogen (secondary N) is 2. The number of aromatic nitrogens is 2. The summed E-state index contributed by atoms with van der Waals surface area (Å²) in [6, 6.07) is 3.08. The van der Waals surface area contributed by atoms with Gasteiger partial charge in [0.05, 0.1) is 12.2 Å². The Hall–Kier alpha value is -2.43. The summed E-state index contributed by atoms with van der Waals surface area (Å²) in [6.07, 6.45) is 5.97. The predicted molar refractivity (Wildman–Crippen MR) is 128 cm³/mol. The third-order valence-electron chi connectivity index (χ3n) is 6.29. The molecule has 0 spiro atoms. The van der Waals surface area contributed by atoms with Crippen LogP contribution in [0.2, 0.25) is 0 Å². The lowest BCUT2D eigenvalue weighted by Gasteiger charge is -2.16. The summed E-state index contributed by atoms with van der Waals surface area (Å²) in [6.45, 7) is 1.82. The second kappa shape index (κ2) is 9.44. The van der Waals surface area contributed by atoms with Crippen LogP contribution in [-0.2, 0) is 48.8 Å². The van der Waals surface area contributed by atoms with Crippen LogP contribution in [0.1, 0.15) is 40.8 Å². The highest BCUT2D eigenvalue weighted by atomic mass is 32.2. The average molecular weight is 475 g/mol. The van der Waals surface area contributed by atoms with Crippen LogP contribution < -0.4 is 10.0 Å². The van der Waals surface area contributed by atoms with Gasteiger partial charge in [0.2, 0.25) is 0 Å². The Balaban J connectivity index is 1.54. The summed E-state index contributed by atoms with van der Waals surface area (Å²) >= 11 is 0. The average Bonchev–Trinajstić information content (AvgIpc) is 3.44. The van der Waals surface area contributed by atoms with E-state index in [1.54, 1.807) is 10.7 Å². The van der Waals surface area contributed by atoms with Gasteiger partial charge in [-0.3, -0.25) is 4.68 Å². The number of sulfonamides is 1. The molecule has 0 radical (unpaired) electrons. The van der Waals surface area contributed by atoms with Gasteiger partial charge in [0, 0.05) is 24.8 Å². The molecule has 0 atom stereocenters. The minimum absolute atomic E-state index is 0.142. The highest BCUT2D eigenvalue weighted by Gasteiger charge is 2.27. The van der Waals surface area contributed by atoms with Gasteiger partial charge in [-0.2, -0.15) is 13.5 Å². The second-order valence-corrected chi connectivity index (χ2v) is 11.2. The van der Waals surface area contributed by atoms with Crippen LogP contribution in [0.4, 0.5) is 10.5 Å². The van der Waals surface area contributed by atoms with Crippen molar-refractivity contribution in [1.29, 1.82) is 0 Å². The molecule has 0 fully saturated rings. The van der Waals surface area contributed by atoms with Gasteiger partial charge in [-0.25, -0.2) is 9.52 Å². The number of nitrogens with zero attached hydrogens (tertiary/aromatic N) is 4. The topological polar surface area (TPSA) is 99.6 Å². The van der Waals surface area contributed by atoms with Crippen molar-refractivity contribution < 1.29 is 13.2 Å². The monoisotopic (exact) mass is 474 g/mol. The molecule has 9 nitrogen and oxygen atoms in total. The van der Waals surface area contributed by atoms with Crippen LogP contribution in [0.3, 0.4) is 0 Å². The maximum atomic E-state index is 13.0. The summed E-state index contributed by atoms with van der Waals surface area (Å²) in [5.41, 5.74) is 6.47. The fourth-order valence-electron chi connectivity index (χ4n) is 4.78. The van der Waals surface area contributed by atoms with Crippen molar-refractivity contribution in [3.05, 3.63) is 40.1 Å². The number of fused-ring (bicyclic) bond motifs is 2. The van der Waals surface area contributed by atoms with Crippen molar-refractivity contribution in [2.75, 3.05) is 40.1 Å². The molecule has 2 amide bonds. The molecule has 2 N–H and O–H groups in total. The third-order valence-corrected chi connectivity index (χ3v) is 7.50.